The number of halogens is 2. The molecule has 0 atom stereocenters. The number of hydrogen-bond donors (Lipinski definition) is 1. The van der Waals surface area contributed by atoms with Crippen LogP contribution >= 0.6 is 23.2 Å². The monoisotopic (exact) mass is 323 g/mol. The van der Waals surface area contributed by atoms with E-state index in [0.29, 0.717) is 33.7 Å². The van der Waals surface area contributed by atoms with E-state index in [4.69, 9.17) is 27.9 Å². The van der Waals surface area contributed by atoms with Crippen LogP contribution in [0.25, 0.3) is 0 Å². The molecule has 21 heavy (non-hydrogen) atoms. The van der Waals surface area contributed by atoms with E-state index in [0.717, 1.165) is 6.42 Å². The lowest BCUT2D eigenvalue weighted by Gasteiger charge is -2.12. The van der Waals surface area contributed by atoms with Gasteiger partial charge in [0, 0.05) is 5.02 Å². The molecule has 0 saturated heterocycles. The Morgan fingerprint density at radius 1 is 1.19 bits per heavy atom. The van der Waals surface area contributed by atoms with E-state index >= 15 is 0 Å². The Kier molecular flexibility index (Phi) is 5.48. The molecule has 5 heteroatoms. The summed E-state index contributed by atoms with van der Waals surface area (Å²) in [6, 6.07) is 12.0. The zero-order valence-electron chi connectivity index (χ0n) is 11.5. The van der Waals surface area contributed by atoms with Crippen molar-refractivity contribution in [2.24, 2.45) is 0 Å². The van der Waals surface area contributed by atoms with E-state index < -0.39 is 0 Å². The third kappa shape index (κ3) is 4.13. The summed E-state index contributed by atoms with van der Waals surface area (Å²) >= 11 is 12.0. The zero-order valence-corrected chi connectivity index (χ0v) is 13.0. The normalized spacial score (nSPS) is 10.2. The van der Waals surface area contributed by atoms with Crippen molar-refractivity contribution in [1.29, 1.82) is 0 Å². The molecule has 0 radical (unpaired) electrons. The molecule has 0 aliphatic rings. The Morgan fingerprint density at radius 3 is 2.71 bits per heavy atom. The van der Waals surface area contributed by atoms with Crippen LogP contribution in [0.1, 0.15) is 23.7 Å². The fourth-order valence-corrected chi connectivity index (χ4v) is 2.11. The van der Waals surface area contributed by atoms with E-state index in [1.165, 1.54) is 0 Å². The number of carbonyl (C=O) groups is 1. The van der Waals surface area contributed by atoms with E-state index in [1.54, 1.807) is 36.4 Å². The average Bonchev–Trinajstić information content (AvgIpc) is 2.49. The van der Waals surface area contributed by atoms with Gasteiger partial charge in [-0.05, 0) is 36.8 Å². The zero-order chi connectivity index (χ0) is 15.2. The number of para-hydroxylation sites is 1. The predicted molar refractivity (Wildman–Crippen MR) is 86.6 cm³/mol. The summed E-state index contributed by atoms with van der Waals surface area (Å²) in [5, 5.41) is 3.68. The van der Waals surface area contributed by atoms with Crippen LogP contribution in [-0.4, -0.2) is 12.5 Å². The lowest BCUT2D eigenvalue weighted by Crippen LogP contribution is -2.14. The summed E-state index contributed by atoms with van der Waals surface area (Å²) in [4.78, 5) is 12.4. The number of carbonyl (C=O) groups excluding carboxylic acids is 1. The maximum absolute atomic E-state index is 12.4. The molecular weight excluding hydrogens is 309 g/mol. The second-order valence-corrected chi connectivity index (χ2v) is 5.27. The van der Waals surface area contributed by atoms with Crippen LogP contribution in [0.5, 0.6) is 5.75 Å². The summed E-state index contributed by atoms with van der Waals surface area (Å²) in [5.41, 5.74) is 0.932. The Labute approximate surface area is 133 Å². The highest BCUT2D eigenvalue weighted by Gasteiger charge is 2.13. The minimum atomic E-state index is -0.286. The van der Waals surface area contributed by atoms with Gasteiger partial charge in [0.2, 0.25) is 0 Å². The Morgan fingerprint density at radius 2 is 1.95 bits per heavy atom. The topological polar surface area (TPSA) is 38.3 Å². The number of hydrogen-bond acceptors (Lipinski definition) is 2. The van der Waals surface area contributed by atoms with Gasteiger partial charge in [0.05, 0.1) is 22.9 Å². The van der Waals surface area contributed by atoms with Gasteiger partial charge in [-0.2, -0.15) is 0 Å². The van der Waals surface area contributed by atoms with Crippen LogP contribution in [0, 0.1) is 0 Å². The number of nitrogens with one attached hydrogen (secondary N) is 1. The van der Waals surface area contributed by atoms with E-state index in [2.05, 4.69) is 5.32 Å². The first-order chi connectivity index (χ1) is 10.1. The SMILES string of the molecule is CCCOc1ccccc1C(=O)Nc1cc(Cl)ccc1Cl. The summed E-state index contributed by atoms with van der Waals surface area (Å²) < 4.78 is 5.58. The fourth-order valence-electron chi connectivity index (χ4n) is 1.78. The minimum Gasteiger partial charge on any atom is -0.493 e. The van der Waals surface area contributed by atoms with Crippen LogP contribution < -0.4 is 10.1 Å². The molecule has 0 unspecified atom stereocenters. The standard InChI is InChI=1S/C16H15Cl2NO2/c1-2-9-21-15-6-4-3-5-12(15)16(20)19-14-10-11(17)7-8-13(14)18/h3-8,10H,2,9H2,1H3,(H,19,20). The van der Waals surface area contributed by atoms with Crippen molar-refractivity contribution < 1.29 is 9.53 Å². The molecular formula is C16H15Cl2NO2. The third-order valence-electron chi connectivity index (χ3n) is 2.77. The van der Waals surface area contributed by atoms with Crippen LogP contribution in [0.2, 0.25) is 10.0 Å². The molecule has 0 saturated carbocycles. The molecule has 0 heterocycles. The molecule has 0 spiro atoms. The Hall–Kier alpha value is -1.71. The quantitative estimate of drug-likeness (QED) is 0.837. The van der Waals surface area contributed by atoms with Crippen molar-refractivity contribution in [2.75, 3.05) is 11.9 Å². The maximum Gasteiger partial charge on any atom is 0.259 e. The number of benzene rings is 2. The number of anilines is 1. The second-order valence-electron chi connectivity index (χ2n) is 4.42. The minimum absolute atomic E-state index is 0.286. The van der Waals surface area contributed by atoms with Crippen molar-refractivity contribution in [2.45, 2.75) is 13.3 Å². The first kappa shape index (κ1) is 15.7. The molecule has 2 aromatic carbocycles. The molecule has 0 bridgehead atoms. The van der Waals surface area contributed by atoms with Crippen LogP contribution in [0.3, 0.4) is 0 Å². The molecule has 0 aliphatic carbocycles. The van der Waals surface area contributed by atoms with Gasteiger partial charge in [0.15, 0.2) is 0 Å². The first-order valence-corrected chi connectivity index (χ1v) is 7.35. The second kappa shape index (κ2) is 7.34. The summed E-state index contributed by atoms with van der Waals surface area (Å²) in [7, 11) is 0. The molecule has 3 nitrogen and oxygen atoms in total. The maximum atomic E-state index is 12.4. The molecule has 1 N–H and O–H groups in total. The lowest BCUT2D eigenvalue weighted by atomic mass is 10.2. The fraction of sp³-hybridized carbons (Fsp3) is 0.188. The smallest absolute Gasteiger partial charge is 0.259 e. The van der Waals surface area contributed by atoms with Gasteiger partial charge in [-0.3, -0.25) is 4.79 Å². The molecule has 1 amide bonds. The van der Waals surface area contributed by atoms with E-state index in [9.17, 15) is 4.79 Å². The van der Waals surface area contributed by atoms with E-state index in [-0.39, 0.29) is 5.91 Å². The molecule has 0 aliphatic heterocycles. The highest BCUT2D eigenvalue weighted by atomic mass is 35.5. The highest BCUT2D eigenvalue weighted by Crippen LogP contribution is 2.27. The highest BCUT2D eigenvalue weighted by molar-refractivity contribution is 6.35. The molecule has 0 fully saturated rings. The summed E-state index contributed by atoms with van der Waals surface area (Å²) in [6.45, 7) is 2.57. The number of rotatable bonds is 5. The largest absolute Gasteiger partial charge is 0.493 e. The van der Waals surface area contributed by atoms with E-state index in [1.807, 2.05) is 13.0 Å². The van der Waals surface area contributed by atoms with Gasteiger partial charge in [-0.25, -0.2) is 0 Å². The Bertz CT molecular complexity index is 644. The van der Waals surface area contributed by atoms with Gasteiger partial charge in [0.1, 0.15) is 5.75 Å². The van der Waals surface area contributed by atoms with Crippen LogP contribution in [0.15, 0.2) is 42.5 Å². The third-order valence-corrected chi connectivity index (χ3v) is 3.33. The van der Waals surface area contributed by atoms with Crippen LogP contribution in [-0.2, 0) is 0 Å². The summed E-state index contributed by atoms with van der Waals surface area (Å²) in [6.07, 6.45) is 0.871. The number of ether oxygens (including phenoxy) is 1. The predicted octanol–water partition coefficient (Wildman–Crippen LogP) is 5.03. The molecule has 2 aromatic rings. The Balaban J connectivity index is 2.22. The van der Waals surface area contributed by atoms with Gasteiger partial charge in [-0.1, -0.05) is 42.3 Å². The van der Waals surface area contributed by atoms with Gasteiger partial charge >= 0.3 is 0 Å². The van der Waals surface area contributed by atoms with Crippen molar-refractivity contribution in [3.63, 3.8) is 0 Å². The van der Waals surface area contributed by atoms with Gasteiger partial charge in [0.25, 0.3) is 5.91 Å². The molecule has 0 aromatic heterocycles. The van der Waals surface area contributed by atoms with Crippen molar-refractivity contribution >= 4 is 34.8 Å². The first-order valence-electron chi connectivity index (χ1n) is 6.60. The molecule has 2 rings (SSSR count). The van der Waals surface area contributed by atoms with Crippen molar-refractivity contribution in [3.8, 4) is 5.75 Å². The van der Waals surface area contributed by atoms with Gasteiger partial charge < -0.3 is 10.1 Å². The van der Waals surface area contributed by atoms with Crippen molar-refractivity contribution in [1.82, 2.24) is 0 Å². The van der Waals surface area contributed by atoms with Gasteiger partial charge in [-0.15, -0.1) is 0 Å². The average molecular weight is 324 g/mol. The molecule has 110 valence electrons. The number of amides is 1. The van der Waals surface area contributed by atoms with Crippen LogP contribution in [0.4, 0.5) is 5.69 Å². The summed E-state index contributed by atoms with van der Waals surface area (Å²) in [5.74, 6) is 0.265. The van der Waals surface area contributed by atoms with Crippen molar-refractivity contribution in [3.05, 3.63) is 58.1 Å². The lowest BCUT2D eigenvalue weighted by molar-refractivity contribution is 0.102.